The van der Waals surface area contributed by atoms with Crippen LogP contribution in [-0.2, 0) is 0 Å². The van der Waals surface area contributed by atoms with E-state index in [1.54, 1.807) is 6.33 Å². The van der Waals surface area contributed by atoms with E-state index in [0.29, 0.717) is 22.9 Å². The van der Waals surface area contributed by atoms with E-state index in [9.17, 15) is 0 Å². The van der Waals surface area contributed by atoms with Gasteiger partial charge < -0.3 is 16.0 Å². The van der Waals surface area contributed by atoms with Gasteiger partial charge in [0.05, 0.1) is 6.33 Å². The fourth-order valence-electron chi connectivity index (χ4n) is 1.31. The maximum Gasteiger partial charge on any atom is 0.226 e. The first kappa shape index (κ1) is 9.70. The Morgan fingerprint density at radius 2 is 2.33 bits per heavy atom. The molecular formula is C9H14N6. The molecule has 2 aromatic heterocycles. The Kier molecular flexibility index (Phi) is 2.66. The van der Waals surface area contributed by atoms with Gasteiger partial charge in [0, 0.05) is 6.54 Å². The minimum Gasteiger partial charge on any atom is -0.382 e. The highest BCUT2D eigenvalue weighted by atomic mass is 15.2. The van der Waals surface area contributed by atoms with Gasteiger partial charge in [0.15, 0.2) is 11.5 Å². The highest BCUT2D eigenvalue weighted by Gasteiger charge is 2.06. The lowest BCUT2D eigenvalue weighted by atomic mass is 10.3. The number of aromatic amines is 1. The van der Waals surface area contributed by atoms with Crippen molar-refractivity contribution < 1.29 is 0 Å². The summed E-state index contributed by atoms with van der Waals surface area (Å²) in [6.07, 6.45) is 3.78. The van der Waals surface area contributed by atoms with E-state index in [4.69, 9.17) is 5.73 Å². The van der Waals surface area contributed by atoms with Gasteiger partial charge in [-0.25, -0.2) is 4.98 Å². The van der Waals surface area contributed by atoms with Gasteiger partial charge in [-0.2, -0.15) is 9.97 Å². The second-order valence-electron chi connectivity index (χ2n) is 3.31. The number of nitrogens with zero attached hydrogens (tertiary/aromatic N) is 3. The molecular weight excluding hydrogens is 192 g/mol. The largest absolute Gasteiger partial charge is 0.382 e. The second-order valence-corrected chi connectivity index (χ2v) is 3.31. The summed E-state index contributed by atoms with van der Waals surface area (Å²) in [7, 11) is 0. The van der Waals surface area contributed by atoms with Crippen LogP contribution in [0.4, 0.5) is 11.8 Å². The number of hydrogen-bond donors (Lipinski definition) is 3. The lowest BCUT2D eigenvalue weighted by Crippen LogP contribution is -2.06. The number of nitrogens with one attached hydrogen (secondary N) is 2. The van der Waals surface area contributed by atoms with Gasteiger partial charge in [-0.15, -0.1) is 0 Å². The Morgan fingerprint density at radius 1 is 1.47 bits per heavy atom. The van der Waals surface area contributed by atoms with Gasteiger partial charge in [-0.05, 0) is 6.42 Å². The van der Waals surface area contributed by atoms with Crippen molar-refractivity contribution in [3.05, 3.63) is 6.33 Å². The van der Waals surface area contributed by atoms with Crippen molar-refractivity contribution >= 4 is 22.9 Å². The molecule has 0 bridgehead atoms. The molecule has 0 spiro atoms. The quantitative estimate of drug-likeness (QED) is 0.652. The third-order valence-corrected chi connectivity index (χ3v) is 2.12. The SMILES string of the molecule is CCCCNc1nc(N)c2nc[nH]c2n1. The Balaban J connectivity index is 2.21. The molecule has 15 heavy (non-hydrogen) atoms. The Morgan fingerprint density at radius 3 is 3.13 bits per heavy atom. The summed E-state index contributed by atoms with van der Waals surface area (Å²) in [5, 5.41) is 3.12. The summed E-state index contributed by atoms with van der Waals surface area (Å²) >= 11 is 0. The van der Waals surface area contributed by atoms with Crippen molar-refractivity contribution in [1.82, 2.24) is 19.9 Å². The monoisotopic (exact) mass is 206 g/mol. The van der Waals surface area contributed by atoms with Gasteiger partial charge >= 0.3 is 0 Å². The molecule has 0 saturated carbocycles. The van der Waals surface area contributed by atoms with Crippen molar-refractivity contribution in [2.75, 3.05) is 17.6 Å². The van der Waals surface area contributed by atoms with Crippen molar-refractivity contribution in [3.63, 3.8) is 0 Å². The zero-order valence-electron chi connectivity index (χ0n) is 8.62. The van der Waals surface area contributed by atoms with Crippen LogP contribution in [0.1, 0.15) is 19.8 Å². The summed E-state index contributed by atoms with van der Waals surface area (Å²) in [4.78, 5) is 15.3. The zero-order valence-corrected chi connectivity index (χ0v) is 8.62. The first-order valence-electron chi connectivity index (χ1n) is 5.01. The number of nitrogens with two attached hydrogens (primary N) is 1. The van der Waals surface area contributed by atoms with Crippen LogP contribution in [0.5, 0.6) is 0 Å². The number of aromatic nitrogens is 4. The van der Waals surface area contributed by atoms with Crippen LogP contribution < -0.4 is 11.1 Å². The second kappa shape index (κ2) is 4.12. The van der Waals surface area contributed by atoms with Crippen LogP contribution in [0, 0.1) is 0 Å². The van der Waals surface area contributed by atoms with E-state index in [1.165, 1.54) is 0 Å². The smallest absolute Gasteiger partial charge is 0.226 e. The lowest BCUT2D eigenvalue weighted by molar-refractivity contribution is 0.827. The summed E-state index contributed by atoms with van der Waals surface area (Å²) in [6, 6.07) is 0. The maximum absolute atomic E-state index is 5.73. The molecule has 0 atom stereocenters. The number of rotatable bonds is 4. The maximum atomic E-state index is 5.73. The first-order chi connectivity index (χ1) is 7.31. The Labute approximate surface area is 87.3 Å². The number of H-pyrrole nitrogens is 1. The molecule has 4 N–H and O–H groups in total. The minimum absolute atomic E-state index is 0.403. The van der Waals surface area contributed by atoms with E-state index in [2.05, 4.69) is 32.2 Å². The third kappa shape index (κ3) is 1.98. The van der Waals surface area contributed by atoms with E-state index >= 15 is 0 Å². The van der Waals surface area contributed by atoms with Gasteiger partial charge in [-0.3, -0.25) is 0 Å². The number of imidazole rings is 1. The topological polar surface area (TPSA) is 92.5 Å². The predicted octanol–water partition coefficient (Wildman–Crippen LogP) is 1.15. The fourth-order valence-corrected chi connectivity index (χ4v) is 1.31. The molecule has 2 heterocycles. The molecule has 0 fully saturated rings. The van der Waals surface area contributed by atoms with Crippen LogP contribution in [0.15, 0.2) is 6.33 Å². The van der Waals surface area contributed by atoms with E-state index in [-0.39, 0.29) is 0 Å². The number of unbranched alkanes of at least 4 members (excludes halogenated alkanes) is 1. The van der Waals surface area contributed by atoms with Gasteiger partial charge in [0.2, 0.25) is 5.95 Å². The van der Waals surface area contributed by atoms with E-state index in [1.807, 2.05) is 0 Å². The normalized spacial score (nSPS) is 10.7. The average Bonchev–Trinajstić information content (AvgIpc) is 2.66. The van der Waals surface area contributed by atoms with Gasteiger partial charge in [0.25, 0.3) is 0 Å². The molecule has 2 rings (SSSR count). The van der Waals surface area contributed by atoms with E-state index in [0.717, 1.165) is 19.4 Å². The zero-order chi connectivity index (χ0) is 10.7. The molecule has 0 radical (unpaired) electrons. The molecule has 0 saturated heterocycles. The van der Waals surface area contributed by atoms with Crippen LogP contribution in [-0.4, -0.2) is 26.5 Å². The summed E-state index contributed by atoms with van der Waals surface area (Å²) in [5.41, 5.74) is 7.02. The number of anilines is 2. The molecule has 0 aliphatic heterocycles. The van der Waals surface area contributed by atoms with Crippen molar-refractivity contribution in [3.8, 4) is 0 Å². The molecule has 0 aromatic carbocycles. The van der Waals surface area contributed by atoms with Crippen molar-refractivity contribution in [2.24, 2.45) is 0 Å². The van der Waals surface area contributed by atoms with Gasteiger partial charge in [-0.1, -0.05) is 13.3 Å². The molecule has 6 nitrogen and oxygen atoms in total. The Hall–Kier alpha value is -1.85. The highest BCUT2D eigenvalue weighted by Crippen LogP contribution is 2.14. The first-order valence-corrected chi connectivity index (χ1v) is 5.01. The Bertz CT molecular complexity index is 449. The molecule has 0 amide bonds. The van der Waals surface area contributed by atoms with Gasteiger partial charge in [0.1, 0.15) is 5.52 Å². The summed E-state index contributed by atoms with van der Waals surface area (Å²) in [6.45, 7) is 2.99. The molecule has 0 aliphatic rings. The highest BCUT2D eigenvalue weighted by molar-refractivity contribution is 5.82. The minimum atomic E-state index is 0.403. The van der Waals surface area contributed by atoms with Crippen LogP contribution in [0.25, 0.3) is 11.2 Å². The number of hydrogen-bond acceptors (Lipinski definition) is 5. The number of nitrogen functional groups attached to an aromatic ring is 1. The summed E-state index contributed by atoms with van der Waals surface area (Å²) in [5.74, 6) is 0.956. The van der Waals surface area contributed by atoms with E-state index < -0.39 is 0 Å². The average molecular weight is 206 g/mol. The molecule has 0 aliphatic carbocycles. The summed E-state index contributed by atoms with van der Waals surface area (Å²) < 4.78 is 0. The predicted molar refractivity (Wildman–Crippen MR) is 59.5 cm³/mol. The number of fused-ring (bicyclic) bond motifs is 1. The fraction of sp³-hybridized carbons (Fsp3) is 0.444. The van der Waals surface area contributed by atoms with Crippen molar-refractivity contribution in [2.45, 2.75) is 19.8 Å². The lowest BCUT2D eigenvalue weighted by Gasteiger charge is -2.03. The molecule has 0 unspecified atom stereocenters. The standard InChI is InChI=1S/C9H14N6/c1-2-3-4-11-9-14-7(10)6-8(15-9)13-5-12-6/h5H,2-4H2,1H3,(H4,10,11,12,13,14,15). The molecule has 6 heteroatoms. The van der Waals surface area contributed by atoms with Crippen molar-refractivity contribution in [1.29, 1.82) is 0 Å². The molecule has 80 valence electrons. The van der Waals surface area contributed by atoms with Crippen LogP contribution in [0.2, 0.25) is 0 Å². The van der Waals surface area contributed by atoms with Crippen LogP contribution in [0.3, 0.4) is 0 Å². The molecule has 2 aromatic rings. The third-order valence-electron chi connectivity index (χ3n) is 2.12. The van der Waals surface area contributed by atoms with Crippen LogP contribution >= 0.6 is 0 Å².